The zero-order valence-corrected chi connectivity index (χ0v) is 19.0. The minimum atomic E-state index is -0.491. The van der Waals surface area contributed by atoms with E-state index in [1.807, 2.05) is 36.4 Å². The number of carbonyl (C=O) groups excluding carboxylic acids is 1. The van der Waals surface area contributed by atoms with Crippen LogP contribution in [-0.4, -0.2) is 38.2 Å². The number of anilines is 1. The van der Waals surface area contributed by atoms with Gasteiger partial charge in [0.25, 0.3) is 0 Å². The number of morpholine rings is 1. The Kier molecular flexibility index (Phi) is 6.46. The molecule has 0 aliphatic carbocycles. The van der Waals surface area contributed by atoms with Crippen molar-refractivity contribution in [3.8, 4) is 0 Å². The molecule has 0 unspecified atom stereocenters. The lowest BCUT2D eigenvalue weighted by molar-refractivity contribution is -0.129. The van der Waals surface area contributed by atoms with Gasteiger partial charge in [0.1, 0.15) is 0 Å². The van der Waals surface area contributed by atoms with Gasteiger partial charge in [0, 0.05) is 29.4 Å². The molecule has 2 aliphatic heterocycles. The molecule has 2 heterocycles. The molecule has 0 saturated carbocycles. The topological polar surface area (TPSA) is 75.8 Å². The lowest BCUT2D eigenvalue weighted by atomic mass is 10.2. The molecule has 5 rings (SSSR count). The second-order valence-electron chi connectivity index (χ2n) is 7.75. The molecule has 0 spiro atoms. The summed E-state index contributed by atoms with van der Waals surface area (Å²) in [5.41, 5.74) is 4.34. The lowest BCUT2D eigenvalue weighted by Gasteiger charge is -2.28. The Morgan fingerprint density at radius 2 is 1.47 bits per heavy atom. The van der Waals surface area contributed by atoms with Crippen LogP contribution >= 0.6 is 11.6 Å². The number of rotatable bonds is 5. The molecular formula is C26H21ClN4O3. The van der Waals surface area contributed by atoms with E-state index in [1.165, 1.54) is 0 Å². The third kappa shape index (κ3) is 5.22. The van der Waals surface area contributed by atoms with Crippen LogP contribution in [-0.2, 0) is 14.3 Å². The highest BCUT2D eigenvalue weighted by atomic mass is 35.5. The lowest BCUT2D eigenvalue weighted by Crippen LogP contribution is -2.36. The van der Waals surface area contributed by atoms with Gasteiger partial charge in [-0.05, 0) is 72.3 Å². The quantitative estimate of drug-likeness (QED) is 0.262. The highest BCUT2D eigenvalue weighted by Crippen LogP contribution is 2.25. The summed E-state index contributed by atoms with van der Waals surface area (Å²) in [6.07, 6.45) is 1.67. The third-order valence-electron chi connectivity index (χ3n) is 5.42. The number of nitrogens with zero attached hydrogens (tertiary/aromatic N) is 4. The number of halogens is 1. The first kappa shape index (κ1) is 22.0. The van der Waals surface area contributed by atoms with Gasteiger partial charge < -0.3 is 14.4 Å². The molecule has 1 fully saturated rings. The third-order valence-corrected chi connectivity index (χ3v) is 5.67. The van der Waals surface area contributed by atoms with Crippen LogP contribution in [0.3, 0.4) is 0 Å². The smallest absolute Gasteiger partial charge is 0.363 e. The number of aliphatic imine (C=N–C) groups is 1. The minimum Gasteiger partial charge on any atom is -0.402 e. The van der Waals surface area contributed by atoms with Gasteiger partial charge in [-0.2, -0.15) is 10.2 Å². The van der Waals surface area contributed by atoms with Crippen LogP contribution in [0.15, 0.2) is 93.7 Å². The van der Waals surface area contributed by atoms with Crippen molar-refractivity contribution >= 4 is 46.6 Å². The normalized spacial score (nSPS) is 17.3. The molecule has 0 N–H and O–H groups in total. The number of carbonyl (C=O) groups is 1. The Labute approximate surface area is 202 Å². The average molecular weight is 473 g/mol. The van der Waals surface area contributed by atoms with E-state index in [0.717, 1.165) is 43.2 Å². The summed E-state index contributed by atoms with van der Waals surface area (Å²) in [5, 5.41) is 9.24. The van der Waals surface area contributed by atoms with Gasteiger partial charge in [-0.25, -0.2) is 9.79 Å². The Bertz CT molecular complexity index is 1260. The number of hydrogen-bond donors (Lipinski definition) is 0. The summed E-state index contributed by atoms with van der Waals surface area (Å²) >= 11 is 5.91. The maximum absolute atomic E-state index is 12.2. The van der Waals surface area contributed by atoms with Crippen molar-refractivity contribution < 1.29 is 14.3 Å². The first-order valence-corrected chi connectivity index (χ1v) is 11.2. The Morgan fingerprint density at radius 1 is 0.853 bits per heavy atom. The number of ether oxygens (including phenoxy) is 2. The van der Waals surface area contributed by atoms with Crippen LogP contribution in [0.5, 0.6) is 0 Å². The molecular weight excluding hydrogens is 452 g/mol. The molecule has 3 aromatic rings. The summed E-state index contributed by atoms with van der Waals surface area (Å²) in [6.45, 7) is 3.30. The molecule has 0 aromatic heterocycles. The van der Waals surface area contributed by atoms with Crippen molar-refractivity contribution in [1.82, 2.24) is 0 Å². The number of cyclic esters (lactones) is 1. The minimum absolute atomic E-state index is 0.238. The van der Waals surface area contributed by atoms with Crippen LogP contribution < -0.4 is 4.90 Å². The molecule has 0 atom stereocenters. The molecule has 0 bridgehead atoms. The van der Waals surface area contributed by atoms with Gasteiger partial charge in [-0.15, -0.1) is 0 Å². The predicted octanol–water partition coefficient (Wildman–Crippen LogP) is 5.94. The van der Waals surface area contributed by atoms with E-state index >= 15 is 0 Å². The van der Waals surface area contributed by atoms with Crippen molar-refractivity contribution in [2.24, 2.45) is 15.2 Å². The monoisotopic (exact) mass is 472 g/mol. The van der Waals surface area contributed by atoms with Gasteiger partial charge >= 0.3 is 5.97 Å². The second-order valence-corrected chi connectivity index (χ2v) is 8.19. The van der Waals surface area contributed by atoms with Gasteiger partial charge in [-0.1, -0.05) is 23.7 Å². The molecule has 2 aliphatic rings. The number of azo groups is 1. The highest BCUT2D eigenvalue weighted by Gasteiger charge is 2.24. The predicted molar refractivity (Wildman–Crippen MR) is 132 cm³/mol. The van der Waals surface area contributed by atoms with Crippen molar-refractivity contribution in [2.75, 3.05) is 31.2 Å². The summed E-state index contributed by atoms with van der Waals surface area (Å²) < 4.78 is 10.7. The van der Waals surface area contributed by atoms with Gasteiger partial charge in [-0.3, -0.25) is 0 Å². The van der Waals surface area contributed by atoms with E-state index in [4.69, 9.17) is 21.1 Å². The van der Waals surface area contributed by atoms with E-state index in [0.29, 0.717) is 16.3 Å². The number of esters is 1. The van der Waals surface area contributed by atoms with E-state index in [9.17, 15) is 4.79 Å². The Balaban J connectivity index is 1.25. The number of benzene rings is 3. The van der Waals surface area contributed by atoms with Gasteiger partial charge in [0.05, 0.1) is 24.6 Å². The van der Waals surface area contributed by atoms with Crippen LogP contribution in [0.25, 0.3) is 6.08 Å². The molecule has 0 radical (unpaired) electrons. The van der Waals surface area contributed by atoms with Crippen molar-refractivity contribution in [3.05, 3.63) is 94.6 Å². The molecule has 1 saturated heterocycles. The Morgan fingerprint density at radius 3 is 2.12 bits per heavy atom. The molecule has 34 heavy (non-hydrogen) atoms. The van der Waals surface area contributed by atoms with Crippen LogP contribution in [0.4, 0.5) is 17.1 Å². The van der Waals surface area contributed by atoms with Crippen LogP contribution in [0.1, 0.15) is 11.1 Å². The fourth-order valence-corrected chi connectivity index (χ4v) is 3.71. The van der Waals surface area contributed by atoms with E-state index in [-0.39, 0.29) is 11.6 Å². The van der Waals surface area contributed by atoms with E-state index in [1.54, 1.807) is 42.5 Å². The van der Waals surface area contributed by atoms with E-state index < -0.39 is 5.97 Å². The number of hydrogen-bond acceptors (Lipinski definition) is 7. The molecule has 170 valence electrons. The Hall–Kier alpha value is -3.81. The molecule has 7 nitrogen and oxygen atoms in total. The van der Waals surface area contributed by atoms with Crippen molar-refractivity contribution in [1.29, 1.82) is 0 Å². The average Bonchev–Trinajstić information content (AvgIpc) is 3.25. The van der Waals surface area contributed by atoms with Crippen LogP contribution in [0, 0.1) is 0 Å². The zero-order valence-electron chi connectivity index (χ0n) is 18.2. The van der Waals surface area contributed by atoms with Gasteiger partial charge in [0.15, 0.2) is 5.70 Å². The van der Waals surface area contributed by atoms with Gasteiger partial charge in [0.2, 0.25) is 5.90 Å². The maximum atomic E-state index is 12.2. The maximum Gasteiger partial charge on any atom is 0.363 e. The fraction of sp³-hybridized carbons (Fsp3) is 0.154. The summed E-state index contributed by atoms with van der Waals surface area (Å²) in [4.78, 5) is 18.8. The largest absolute Gasteiger partial charge is 0.402 e. The van der Waals surface area contributed by atoms with Crippen LogP contribution in [0.2, 0.25) is 5.02 Å². The molecule has 3 aromatic carbocycles. The van der Waals surface area contributed by atoms with Crippen molar-refractivity contribution in [3.63, 3.8) is 0 Å². The SMILES string of the molecule is O=C1OC(c2ccc(N=Nc3ccc(N4CCOCC4)cc3)cc2)=N/C1=C/c1ccc(Cl)cc1. The second kappa shape index (κ2) is 9.99. The van der Waals surface area contributed by atoms with Crippen molar-refractivity contribution in [2.45, 2.75) is 0 Å². The molecule has 0 amide bonds. The summed E-state index contributed by atoms with van der Waals surface area (Å²) in [5.74, 6) is -0.235. The zero-order chi connectivity index (χ0) is 23.3. The summed E-state index contributed by atoms with van der Waals surface area (Å²) in [6, 6.07) is 22.3. The highest BCUT2D eigenvalue weighted by molar-refractivity contribution is 6.30. The van der Waals surface area contributed by atoms with E-state index in [2.05, 4.69) is 20.1 Å². The fourth-order valence-electron chi connectivity index (χ4n) is 3.59. The first-order valence-electron chi connectivity index (χ1n) is 10.9. The summed E-state index contributed by atoms with van der Waals surface area (Å²) in [7, 11) is 0. The molecule has 8 heteroatoms. The standard InChI is InChI=1S/C26H21ClN4O3/c27-20-5-1-18(2-6-20)17-24-26(32)34-25(28-24)19-3-7-21(8-4-19)29-30-22-9-11-23(12-10-22)31-13-15-33-16-14-31/h1-12,17H,13-16H2/b24-17+,30-29?. The first-order chi connectivity index (χ1) is 16.6.